The lowest BCUT2D eigenvalue weighted by Crippen LogP contribution is -2.22. The van der Waals surface area contributed by atoms with Gasteiger partial charge in [-0.15, -0.1) is 0 Å². The van der Waals surface area contributed by atoms with Crippen molar-refractivity contribution in [1.82, 2.24) is 15.5 Å². The highest BCUT2D eigenvalue weighted by Crippen LogP contribution is 2.31. The van der Waals surface area contributed by atoms with E-state index in [0.29, 0.717) is 29.5 Å². The minimum Gasteiger partial charge on any atom is -0.484 e. The first-order valence-electron chi connectivity index (χ1n) is 8.18. The SMILES string of the molecule is CCCC(=O)NCc1cc2cc(Cl)c(OCc3cc(C)no3)cc2[nH]1. The van der Waals surface area contributed by atoms with Gasteiger partial charge in [-0.1, -0.05) is 23.7 Å². The van der Waals surface area contributed by atoms with Gasteiger partial charge >= 0.3 is 0 Å². The molecule has 1 amide bonds. The highest BCUT2D eigenvalue weighted by Gasteiger charge is 2.10. The molecule has 0 saturated heterocycles. The zero-order chi connectivity index (χ0) is 17.8. The van der Waals surface area contributed by atoms with E-state index in [2.05, 4.69) is 15.5 Å². The largest absolute Gasteiger partial charge is 0.484 e. The maximum absolute atomic E-state index is 11.6. The maximum atomic E-state index is 11.6. The number of nitrogens with one attached hydrogen (secondary N) is 2. The van der Waals surface area contributed by atoms with Crippen LogP contribution >= 0.6 is 11.6 Å². The van der Waals surface area contributed by atoms with Crippen molar-refractivity contribution in [1.29, 1.82) is 0 Å². The van der Waals surface area contributed by atoms with Crippen LogP contribution in [0.25, 0.3) is 10.9 Å². The van der Waals surface area contributed by atoms with Crippen LogP contribution in [-0.4, -0.2) is 16.0 Å². The van der Waals surface area contributed by atoms with Crippen molar-refractivity contribution in [3.63, 3.8) is 0 Å². The number of ether oxygens (including phenoxy) is 1. The highest BCUT2D eigenvalue weighted by atomic mass is 35.5. The van der Waals surface area contributed by atoms with E-state index in [-0.39, 0.29) is 12.5 Å². The molecule has 132 valence electrons. The summed E-state index contributed by atoms with van der Waals surface area (Å²) >= 11 is 6.30. The van der Waals surface area contributed by atoms with Crippen LogP contribution in [0, 0.1) is 6.92 Å². The Hall–Kier alpha value is -2.47. The lowest BCUT2D eigenvalue weighted by Gasteiger charge is -2.06. The van der Waals surface area contributed by atoms with Crippen molar-refractivity contribution in [2.24, 2.45) is 0 Å². The van der Waals surface area contributed by atoms with Crippen LogP contribution in [0.1, 0.15) is 36.9 Å². The summed E-state index contributed by atoms with van der Waals surface area (Å²) in [6.07, 6.45) is 1.37. The van der Waals surface area contributed by atoms with E-state index >= 15 is 0 Å². The van der Waals surface area contributed by atoms with Gasteiger partial charge in [-0.05, 0) is 25.5 Å². The zero-order valence-corrected chi connectivity index (χ0v) is 14.9. The molecular formula is C18H20ClN3O3. The molecule has 2 heterocycles. The van der Waals surface area contributed by atoms with Gasteiger partial charge in [-0.2, -0.15) is 0 Å². The van der Waals surface area contributed by atoms with E-state index in [9.17, 15) is 4.79 Å². The third kappa shape index (κ3) is 4.33. The van der Waals surface area contributed by atoms with Crippen LogP contribution in [-0.2, 0) is 17.9 Å². The van der Waals surface area contributed by atoms with Crippen LogP contribution < -0.4 is 10.1 Å². The fraction of sp³-hybridized carbons (Fsp3) is 0.333. The molecule has 0 fully saturated rings. The van der Waals surface area contributed by atoms with Crippen molar-refractivity contribution in [3.8, 4) is 5.75 Å². The molecule has 3 rings (SSSR count). The second-order valence-corrected chi connectivity index (χ2v) is 6.32. The van der Waals surface area contributed by atoms with Crippen LogP contribution in [0.4, 0.5) is 0 Å². The van der Waals surface area contributed by atoms with Crippen molar-refractivity contribution < 1.29 is 14.1 Å². The van der Waals surface area contributed by atoms with E-state index in [1.165, 1.54) is 0 Å². The summed E-state index contributed by atoms with van der Waals surface area (Å²) in [5.41, 5.74) is 2.62. The summed E-state index contributed by atoms with van der Waals surface area (Å²) in [6, 6.07) is 7.47. The second kappa shape index (κ2) is 7.61. The van der Waals surface area contributed by atoms with E-state index in [4.69, 9.17) is 20.9 Å². The third-order valence-electron chi connectivity index (χ3n) is 3.73. The topological polar surface area (TPSA) is 80.2 Å². The van der Waals surface area contributed by atoms with Crippen LogP contribution in [0.2, 0.25) is 5.02 Å². The number of carbonyl (C=O) groups excluding carboxylic acids is 1. The molecule has 0 bridgehead atoms. The van der Waals surface area contributed by atoms with E-state index in [0.717, 1.165) is 28.7 Å². The third-order valence-corrected chi connectivity index (χ3v) is 4.02. The Bertz CT molecular complexity index is 885. The minimum atomic E-state index is 0.0468. The molecule has 0 aliphatic carbocycles. The molecular weight excluding hydrogens is 342 g/mol. The number of aryl methyl sites for hydroxylation is 1. The molecule has 2 aromatic heterocycles. The Balaban J connectivity index is 1.70. The number of aromatic amines is 1. The quantitative estimate of drug-likeness (QED) is 0.663. The predicted molar refractivity (Wildman–Crippen MR) is 95.6 cm³/mol. The zero-order valence-electron chi connectivity index (χ0n) is 14.2. The summed E-state index contributed by atoms with van der Waals surface area (Å²) < 4.78 is 10.9. The molecule has 2 N–H and O–H groups in total. The molecule has 0 aliphatic rings. The smallest absolute Gasteiger partial charge is 0.220 e. The van der Waals surface area contributed by atoms with Gasteiger partial charge in [-0.25, -0.2) is 0 Å². The minimum absolute atomic E-state index is 0.0468. The number of amides is 1. The lowest BCUT2D eigenvalue weighted by molar-refractivity contribution is -0.121. The summed E-state index contributed by atoms with van der Waals surface area (Å²) in [7, 11) is 0. The normalized spacial score (nSPS) is 11.0. The van der Waals surface area contributed by atoms with E-state index in [1.807, 2.05) is 38.1 Å². The summed E-state index contributed by atoms with van der Waals surface area (Å²) in [6.45, 7) is 4.54. The monoisotopic (exact) mass is 361 g/mol. The van der Waals surface area contributed by atoms with Gasteiger partial charge in [0, 0.05) is 35.2 Å². The van der Waals surface area contributed by atoms with Crippen LogP contribution in [0.3, 0.4) is 0 Å². The average Bonchev–Trinajstić information content (AvgIpc) is 3.16. The van der Waals surface area contributed by atoms with Gasteiger partial charge in [0.25, 0.3) is 0 Å². The lowest BCUT2D eigenvalue weighted by atomic mass is 10.2. The van der Waals surface area contributed by atoms with Gasteiger partial charge in [0.05, 0.1) is 17.3 Å². The Kier molecular flexibility index (Phi) is 5.28. The molecule has 6 nitrogen and oxygen atoms in total. The molecule has 0 spiro atoms. The van der Waals surface area contributed by atoms with Crippen LogP contribution in [0.15, 0.2) is 28.8 Å². The Morgan fingerprint density at radius 1 is 1.36 bits per heavy atom. The van der Waals surface area contributed by atoms with Crippen molar-refractivity contribution in [3.05, 3.63) is 46.4 Å². The van der Waals surface area contributed by atoms with Gasteiger partial charge in [0.1, 0.15) is 12.4 Å². The number of rotatable bonds is 7. The first-order chi connectivity index (χ1) is 12.0. The standard InChI is InChI=1S/C18H20ClN3O3/c1-3-4-18(23)20-9-13-6-12-7-15(19)17(8-16(12)21-13)24-10-14-5-11(2)22-25-14/h5-8,21H,3-4,9-10H2,1-2H3,(H,20,23). The summed E-state index contributed by atoms with van der Waals surface area (Å²) in [4.78, 5) is 14.9. The number of halogens is 1. The van der Waals surface area contributed by atoms with Crippen molar-refractivity contribution in [2.75, 3.05) is 0 Å². The van der Waals surface area contributed by atoms with Gasteiger partial charge < -0.3 is 19.6 Å². The molecule has 1 aromatic carbocycles. The molecule has 3 aromatic rings. The predicted octanol–water partition coefficient (Wildman–Crippen LogP) is 4.11. The number of H-pyrrole nitrogens is 1. The number of hydrogen-bond donors (Lipinski definition) is 2. The van der Waals surface area contributed by atoms with Gasteiger partial charge in [0.15, 0.2) is 5.76 Å². The number of fused-ring (bicyclic) bond motifs is 1. The molecule has 7 heteroatoms. The number of aromatic nitrogens is 2. The van der Waals surface area contributed by atoms with E-state index < -0.39 is 0 Å². The Labute approximate surface area is 150 Å². The highest BCUT2D eigenvalue weighted by molar-refractivity contribution is 6.32. The number of carbonyl (C=O) groups is 1. The van der Waals surface area contributed by atoms with Crippen LogP contribution in [0.5, 0.6) is 5.75 Å². The Morgan fingerprint density at radius 2 is 2.20 bits per heavy atom. The molecule has 0 atom stereocenters. The van der Waals surface area contributed by atoms with Gasteiger partial charge in [0.2, 0.25) is 5.91 Å². The molecule has 0 aliphatic heterocycles. The number of benzene rings is 1. The molecule has 0 radical (unpaired) electrons. The van der Waals surface area contributed by atoms with Crippen molar-refractivity contribution in [2.45, 2.75) is 39.8 Å². The average molecular weight is 362 g/mol. The first-order valence-corrected chi connectivity index (χ1v) is 8.55. The van der Waals surface area contributed by atoms with Crippen molar-refractivity contribution >= 4 is 28.4 Å². The van der Waals surface area contributed by atoms with E-state index in [1.54, 1.807) is 0 Å². The summed E-state index contributed by atoms with van der Waals surface area (Å²) in [5, 5.41) is 8.19. The number of hydrogen-bond acceptors (Lipinski definition) is 4. The fourth-order valence-electron chi connectivity index (χ4n) is 2.54. The molecule has 0 unspecified atom stereocenters. The first kappa shape index (κ1) is 17.4. The second-order valence-electron chi connectivity index (χ2n) is 5.91. The Morgan fingerprint density at radius 3 is 2.92 bits per heavy atom. The molecule has 25 heavy (non-hydrogen) atoms. The fourth-order valence-corrected chi connectivity index (χ4v) is 2.77. The molecule has 0 saturated carbocycles. The maximum Gasteiger partial charge on any atom is 0.220 e. The summed E-state index contributed by atoms with van der Waals surface area (Å²) in [5.74, 6) is 1.25. The number of nitrogens with zero attached hydrogens (tertiary/aromatic N) is 1. The van der Waals surface area contributed by atoms with Gasteiger partial charge in [-0.3, -0.25) is 4.79 Å².